The number of H-pyrrole nitrogens is 1. The Labute approximate surface area is 149 Å². The lowest BCUT2D eigenvalue weighted by Crippen LogP contribution is -2.31. The molecule has 0 unspecified atom stereocenters. The number of aromatic amines is 1. The standard InChI is InChI=1S/C20H27N3O2/c1-14-19(15(2)22-21-14)16-7-6-8-17(13-16)20(24)23(3)11-10-18-9-4-5-12-25-18/h6-8,13,18H,4-5,9-12H2,1-3H3,(H,21,22)/t18-/m0/s1. The van der Waals surface area contributed by atoms with Crippen molar-refractivity contribution in [1.29, 1.82) is 0 Å². The van der Waals surface area contributed by atoms with E-state index in [0.29, 0.717) is 11.7 Å². The average Bonchev–Trinajstić information content (AvgIpc) is 2.98. The van der Waals surface area contributed by atoms with Crippen molar-refractivity contribution in [2.45, 2.75) is 45.6 Å². The summed E-state index contributed by atoms with van der Waals surface area (Å²) in [6.45, 7) is 5.55. The van der Waals surface area contributed by atoms with Crippen LogP contribution in [0.25, 0.3) is 11.1 Å². The van der Waals surface area contributed by atoms with Gasteiger partial charge >= 0.3 is 0 Å². The van der Waals surface area contributed by atoms with Gasteiger partial charge in [0.25, 0.3) is 5.91 Å². The molecule has 1 aromatic heterocycles. The smallest absolute Gasteiger partial charge is 0.253 e. The molecule has 5 heteroatoms. The fraction of sp³-hybridized carbons (Fsp3) is 0.500. The Morgan fingerprint density at radius 3 is 2.88 bits per heavy atom. The quantitative estimate of drug-likeness (QED) is 0.901. The maximum atomic E-state index is 12.8. The second-order valence-corrected chi connectivity index (χ2v) is 6.89. The van der Waals surface area contributed by atoms with E-state index in [1.807, 2.05) is 45.2 Å². The lowest BCUT2D eigenvalue weighted by molar-refractivity contribution is 0.00709. The van der Waals surface area contributed by atoms with Crippen molar-refractivity contribution in [2.24, 2.45) is 0 Å². The van der Waals surface area contributed by atoms with Crippen LogP contribution in [0.15, 0.2) is 24.3 Å². The third-order valence-corrected chi connectivity index (χ3v) is 4.93. The topological polar surface area (TPSA) is 58.2 Å². The normalized spacial score (nSPS) is 17.5. The van der Waals surface area contributed by atoms with Crippen molar-refractivity contribution in [3.8, 4) is 11.1 Å². The van der Waals surface area contributed by atoms with E-state index in [1.165, 1.54) is 6.42 Å². The van der Waals surface area contributed by atoms with Gasteiger partial charge in [-0.15, -0.1) is 0 Å². The Kier molecular flexibility index (Phi) is 5.53. The van der Waals surface area contributed by atoms with E-state index in [-0.39, 0.29) is 5.91 Å². The molecule has 0 aliphatic carbocycles. The number of ether oxygens (including phenoxy) is 1. The number of aromatic nitrogens is 2. The number of aryl methyl sites for hydroxylation is 2. The zero-order valence-electron chi connectivity index (χ0n) is 15.3. The summed E-state index contributed by atoms with van der Waals surface area (Å²) < 4.78 is 5.76. The van der Waals surface area contributed by atoms with Gasteiger partial charge in [-0.1, -0.05) is 12.1 Å². The molecule has 0 bridgehead atoms. The van der Waals surface area contributed by atoms with E-state index in [1.54, 1.807) is 4.90 Å². The SMILES string of the molecule is Cc1n[nH]c(C)c1-c1cccc(C(=O)N(C)CC[C@@H]2CCCCO2)c1. The van der Waals surface area contributed by atoms with Crippen LogP contribution in [-0.4, -0.2) is 47.3 Å². The minimum Gasteiger partial charge on any atom is -0.378 e. The van der Waals surface area contributed by atoms with Crippen LogP contribution in [0, 0.1) is 13.8 Å². The Balaban J connectivity index is 1.68. The van der Waals surface area contributed by atoms with Crippen molar-refractivity contribution >= 4 is 5.91 Å². The molecule has 0 saturated carbocycles. The van der Waals surface area contributed by atoms with Crippen LogP contribution in [0.3, 0.4) is 0 Å². The molecular formula is C20H27N3O2. The molecule has 1 fully saturated rings. The summed E-state index contributed by atoms with van der Waals surface area (Å²) in [4.78, 5) is 14.6. The van der Waals surface area contributed by atoms with E-state index >= 15 is 0 Å². The number of carbonyl (C=O) groups is 1. The Bertz CT molecular complexity index is 713. The third-order valence-electron chi connectivity index (χ3n) is 4.93. The first-order valence-corrected chi connectivity index (χ1v) is 9.05. The van der Waals surface area contributed by atoms with Gasteiger partial charge < -0.3 is 9.64 Å². The largest absolute Gasteiger partial charge is 0.378 e. The number of benzene rings is 1. The summed E-state index contributed by atoms with van der Waals surface area (Å²) in [6.07, 6.45) is 4.70. The van der Waals surface area contributed by atoms with Gasteiger partial charge in [-0.3, -0.25) is 9.89 Å². The van der Waals surface area contributed by atoms with Crippen molar-refractivity contribution < 1.29 is 9.53 Å². The van der Waals surface area contributed by atoms with Crippen LogP contribution < -0.4 is 0 Å². The van der Waals surface area contributed by atoms with Crippen molar-refractivity contribution in [1.82, 2.24) is 15.1 Å². The highest BCUT2D eigenvalue weighted by atomic mass is 16.5. The summed E-state index contributed by atoms with van der Waals surface area (Å²) in [6, 6.07) is 7.80. The Hall–Kier alpha value is -2.14. The molecule has 1 amide bonds. The summed E-state index contributed by atoms with van der Waals surface area (Å²) in [5, 5.41) is 7.25. The average molecular weight is 341 g/mol. The first kappa shape index (κ1) is 17.7. The summed E-state index contributed by atoms with van der Waals surface area (Å²) in [7, 11) is 1.87. The molecule has 5 nitrogen and oxygen atoms in total. The Morgan fingerprint density at radius 1 is 1.36 bits per heavy atom. The van der Waals surface area contributed by atoms with E-state index < -0.39 is 0 Å². The maximum Gasteiger partial charge on any atom is 0.253 e. The molecule has 3 rings (SSSR count). The summed E-state index contributed by atoms with van der Waals surface area (Å²) in [5.74, 6) is 0.0523. The van der Waals surface area contributed by atoms with Gasteiger partial charge in [-0.05, 0) is 57.2 Å². The molecule has 134 valence electrons. The van der Waals surface area contributed by atoms with Crippen LogP contribution in [0.1, 0.15) is 47.4 Å². The molecule has 1 saturated heterocycles. The number of hydrogen-bond acceptors (Lipinski definition) is 3. The molecule has 0 radical (unpaired) electrons. The first-order chi connectivity index (χ1) is 12.1. The number of amides is 1. The van der Waals surface area contributed by atoms with Gasteiger partial charge in [0.2, 0.25) is 0 Å². The van der Waals surface area contributed by atoms with E-state index in [9.17, 15) is 4.79 Å². The van der Waals surface area contributed by atoms with Crippen LogP contribution in [0.4, 0.5) is 0 Å². The fourth-order valence-electron chi connectivity index (χ4n) is 3.48. The summed E-state index contributed by atoms with van der Waals surface area (Å²) in [5.41, 5.74) is 4.78. The molecule has 2 heterocycles. The molecule has 1 N–H and O–H groups in total. The monoisotopic (exact) mass is 341 g/mol. The lowest BCUT2D eigenvalue weighted by Gasteiger charge is -2.25. The zero-order chi connectivity index (χ0) is 17.8. The number of hydrogen-bond donors (Lipinski definition) is 1. The van der Waals surface area contributed by atoms with Crippen LogP contribution >= 0.6 is 0 Å². The Morgan fingerprint density at radius 2 is 2.20 bits per heavy atom. The third kappa shape index (κ3) is 4.10. The second-order valence-electron chi connectivity index (χ2n) is 6.89. The van der Waals surface area contributed by atoms with Gasteiger partial charge in [0, 0.05) is 37.0 Å². The summed E-state index contributed by atoms with van der Waals surface area (Å²) >= 11 is 0. The highest BCUT2D eigenvalue weighted by Crippen LogP contribution is 2.26. The lowest BCUT2D eigenvalue weighted by atomic mass is 10.0. The highest BCUT2D eigenvalue weighted by Gasteiger charge is 2.18. The molecule has 1 aromatic carbocycles. The molecule has 25 heavy (non-hydrogen) atoms. The van der Waals surface area contributed by atoms with E-state index in [2.05, 4.69) is 10.2 Å². The van der Waals surface area contributed by atoms with Gasteiger partial charge in [-0.25, -0.2) is 0 Å². The van der Waals surface area contributed by atoms with Crippen LogP contribution in [0.2, 0.25) is 0 Å². The van der Waals surface area contributed by atoms with Crippen molar-refractivity contribution in [3.63, 3.8) is 0 Å². The van der Waals surface area contributed by atoms with Gasteiger partial charge in [0.15, 0.2) is 0 Å². The molecule has 1 aliphatic rings. The van der Waals surface area contributed by atoms with E-state index in [4.69, 9.17) is 4.74 Å². The number of rotatable bonds is 5. The van der Waals surface area contributed by atoms with Crippen LogP contribution in [-0.2, 0) is 4.74 Å². The second kappa shape index (κ2) is 7.83. The number of nitrogens with zero attached hydrogens (tertiary/aromatic N) is 2. The van der Waals surface area contributed by atoms with Gasteiger partial charge in [0.05, 0.1) is 11.8 Å². The predicted molar refractivity (Wildman–Crippen MR) is 98.7 cm³/mol. The molecular weight excluding hydrogens is 314 g/mol. The fourth-order valence-corrected chi connectivity index (χ4v) is 3.48. The van der Waals surface area contributed by atoms with Crippen molar-refractivity contribution in [2.75, 3.05) is 20.2 Å². The molecule has 2 aromatic rings. The van der Waals surface area contributed by atoms with E-state index in [0.717, 1.165) is 54.9 Å². The molecule has 1 aliphatic heterocycles. The van der Waals surface area contributed by atoms with Gasteiger partial charge in [0.1, 0.15) is 0 Å². The first-order valence-electron chi connectivity index (χ1n) is 9.05. The predicted octanol–water partition coefficient (Wildman–Crippen LogP) is 3.72. The zero-order valence-corrected chi connectivity index (χ0v) is 15.3. The maximum absolute atomic E-state index is 12.8. The minimum absolute atomic E-state index is 0.0523. The minimum atomic E-state index is 0.0523. The van der Waals surface area contributed by atoms with Crippen LogP contribution in [0.5, 0.6) is 0 Å². The highest BCUT2D eigenvalue weighted by molar-refractivity contribution is 5.95. The van der Waals surface area contributed by atoms with Gasteiger partial charge in [-0.2, -0.15) is 5.10 Å². The van der Waals surface area contributed by atoms with Crippen molar-refractivity contribution in [3.05, 3.63) is 41.2 Å². The molecule has 1 atom stereocenters. The number of carbonyl (C=O) groups excluding carboxylic acids is 1. The number of nitrogens with one attached hydrogen (secondary N) is 1. The molecule has 0 spiro atoms.